The molecule has 0 aliphatic heterocycles. The van der Waals surface area contributed by atoms with E-state index >= 15 is 0 Å². The van der Waals surface area contributed by atoms with E-state index in [0.29, 0.717) is 34.3 Å². The summed E-state index contributed by atoms with van der Waals surface area (Å²) in [5, 5.41) is 3.89. The van der Waals surface area contributed by atoms with Crippen molar-refractivity contribution in [2.45, 2.75) is 31.2 Å². The van der Waals surface area contributed by atoms with Gasteiger partial charge in [0, 0.05) is 17.4 Å². The molecule has 0 saturated heterocycles. The van der Waals surface area contributed by atoms with Gasteiger partial charge >= 0.3 is 0 Å². The van der Waals surface area contributed by atoms with Gasteiger partial charge in [0.25, 0.3) is 11.8 Å². The molecule has 1 aromatic heterocycles. The number of primary amides is 1. The number of amides is 2. The van der Waals surface area contributed by atoms with E-state index in [2.05, 4.69) is 17.4 Å². The normalized spacial score (nSPS) is 14.1. The molecule has 0 bridgehead atoms. The van der Waals surface area contributed by atoms with Gasteiger partial charge in [-0.25, -0.2) is 4.39 Å². The van der Waals surface area contributed by atoms with Gasteiger partial charge in [0.15, 0.2) is 0 Å². The number of nitrogens with one attached hydrogen (secondary N) is 1. The largest absolute Gasteiger partial charge is 0.460 e. The highest BCUT2D eigenvalue weighted by Crippen LogP contribution is 2.41. The summed E-state index contributed by atoms with van der Waals surface area (Å²) < 4.78 is 19.3. The Hall–Kier alpha value is -4.71. The van der Waals surface area contributed by atoms with Crippen LogP contribution < -0.4 is 11.1 Å². The smallest absolute Gasteiger partial charge is 0.252 e. The zero-order chi connectivity index (χ0) is 27.0. The Morgan fingerprint density at radius 1 is 0.872 bits per heavy atom. The van der Waals surface area contributed by atoms with Crippen LogP contribution in [0.5, 0.6) is 0 Å². The molecule has 5 nitrogen and oxygen atoms in total. The first-order valence-electron chi connectivity index (χ1n) is 13.0. The Labute approximate surface area is 225 Å². The van der Waals surface area contributed by atoms with E-state index in [1.54, 1.807) is 18.2 Å². The van der Waals surface area contributed by atoms with Crippen molar-refractivity contribution >= 4 is 22.8 Å². The van der Waals surface area contributed by atoms with Gasteiger partial charge in [-0.05, 0) is 77.9 Å². The second kappa shape index (κ2) is 9.87. The van der Waals surface area contributed by atoms with E-state index in [4.69, 9.17) is 10.2 Å². The van der Waals surface area contributed by atoms with Crippen LogP contribution in [0.4, 0.5) is 4.39 Å². The number of hydrogen-bond acceptors (Lipinski definition) is 3. The summed E-state index contributed by atoms with van der Waals surface area (Å²) in [6.45, 7) is 0. The summed E-state index contributed by atoms with van der Waals surface area (Å²) in [5.41, 5.74) is 10.4. The number of carbonyl (C=O) groups is 2. The molecule has 0 spiro atoms. The van der Waals surface area contributed by atoms with Crippen molar-refractivity contribution in [1.29, 1.82) is 0 Å². The molecular weight excluding hydrogens is 491 g/mol. The van der Waals surface area contributed by atoms with Gasteiger partial charge in [0.05, 0.1) is 11.1 Å². The van der Waals surface area contributed by atoms with Crippen molar-refractivity contribution in [3.05, 3.63) is 131 Å². The number of carbonyl (C=O) groups excluding carboxylic acids is 2. The van der Waals surface area contributed by atoms with Crippen LogP contribution in [0.2, 0.25) is 0 Å². The lowest BCUT2D eigenvalue weighted by Gasteiger charge is -2.43. The summed E-state index contributed by atoms with van der Waals surface area (Å²) in [7, 11) is 0. The number of benzene rings is 4. The molecule has 3 N–H and O–H groups in total. The molecule has 1 heterocycles. The van der Waals surface area contributed by atoms with Crippen LogP contribution >= 0.6 is 0 Å². The average molecular weight is 519 g/mol. The minimum Gasteiger partial charge on any atom is -0.460 e. The maximum atomic E-state index is 13.4. The monoisotopic (exact) mass is 518 g/mol. The number of rotatable bonds is 7. The van der Waals surface area contributed by atoms with Gasteiger partial charge < -0.3 is 15.5 Å². The lowest BCUT2D eigenvalue weighted by Crippen LogP contribution is -2.50. The second-order valence-corrected chi connectivity index (χ2v) is 10.1. The first-order chi connectivity index (χ1) is 18.9. The van der Waals surface area contributed by atoms with E-state index in [9.17, 15) is 14.0 Å². The van der Waals surface area contributed by atoms with Crippen molar-refractivity contribution in [2.75, 3.05) is 0 Å². The highest BCUT2D eigenvalue weighted by atomic mass is 19.1. The topological polar surface area (TPSA) is 85.3 Å². The predicted octanol–water partition coefficient (Wildman–Crippen LogP) is 6.74. The lowest BCUT2D eigenvalue weighted by molar-refractivity contribution is 0.0823. The van der Waals surface area contributed by atoms with Crippen LogP contribution in [0.15, 0.2) is 101 Å². The van der Waals surface area contributed by atoms with Gasteiger partial charge in [-0.1, -0.05) is 60.7 Å². The molecule has 1 fully saturated rings. The maximum absolute atomic E-state index is 13.4. The Balaban J connectivity index is 1.31. The number of hydrogen-bond donors (Lipinski definition) is 2. The minimum atomic E-state index is -0.595. The maximum Gasteiger partial charge on any atom is 0.252 e. The van der Waals surface area contributed by atoms with E-state index in [0.717, 1.165) is 41.5 Å². The molecule has 0 radical (unpaired) electrons. The summed E-state index contributed by atoms with van der Waals surface area (Å²) in [4.78, 5) is 25.8. The van der Waals surface area contributed by atoms with E-state index in [1.807, 2.05) is 54.6 Å². The van der Waals surface area contributed by atoms with Crippen LogP contribution in [0.1, 0.15) is 56.9 Å². The van der Waals surface area contributed by atoms with Crippen molar-refractivity contribution in [2.24, 2.45) is 5.73 Å². The summed E-state index contributed by atoms with van der Waals surface area (Å²) >= 11 is 0. The number of fused-ring (bicyclic) bond motifs is 1. The summed E-state index contributed by atoms with van der Waals surface area (Å²) in [5.74, 6) is -0.616. The molecule has 5 aromatic rings. The van der Waals surface area contributed by atoms with Crippen molar-refractivity contribution in [3.63, 3.8) is 0 Å². The Morgan fingerprint density at radius 3 is 2.31 bits per heavy atom. The second-order valence-electron chi connectivity index (χ2n) is 10.1. The zero-order valence-electron chi connectivity index (χ0n) is 21.2. The molecule has 0 unspecified atom stereocenters. The molecule has 1 aliphatic rings. The van der Waals surface area contributed by atoms with E-state index in [-0.39, 0.29) is 17.3 Å². The molecule has 0 atom stereocenters. The third-order valence-electron chi connectivity index (χ3n) is 7.63. The van der Waals surface area contributed by atoms with Crippen molar-refractivity contribution in [3.8, 4) is 11.1 Å². The molecule has 39 heavy (non-hydrogen) atoms. The fourth-order valence-electron chi connectivity index (χ4n) is 5.41. The third-order valence-corrected chi connectivity index (χ3v) is 7.63. The predicted molar refractivity (Wildman–Crippen MR) is 149 cm³/mol. The van der Waals surface area contributed by atoms with Gasteiger partial charge in [-0.3, -0.25) is 9.59 Å². The van der Waals surface area contributed by atoms with Gasteiger partial charge in [0.2, 0.25) is 0 Å². The Kier molecular flexibility index (Phi) is 6.23. The highest BCUT2D eigenvalue weighted by Gasteiger charge is 2.40. The van der Waals surface area contributed by atoms with Crippen LogP contribution in [0.3, 0.4) is 0 Å². The number of nitrogens with two attached hydrogens (primary N) is 1. The first-order valence-corrected chi connectivity index (χ1v) is 13.0. The molecule has 2 amide bonds. The van der Waals surface area contributed by atoms with E-state index in [1.165, 1.54) is 12.1 Å². The van der Waals surface area contributed by atoms with Crippen molar-refractivity contribution in [1.82, 2.24) is 5.32 Å². The highest BCUT2D eigenvalue weighted by molar-refractivity contribution is 6.07. The SMILES string of the molecule is NC(=O)c1c(Cc2ccc(F)cc2)oc2ccc(-c3cccc(C(=O)NC4(c5ccccc5)CCC4)c3)cc12. The Morgan fingerprint density at radius 2 is 1.62 bits per heavy atom. The minimum absolute atomic E-state index is 0.121. The van der Waals surface area contributed by atoms with Gasteiger partial charge in [0.1, 0.15) is 17.2 Å². The standard InChI is InChI=1S/C33H27FN2O3/c34-26-13-10-21(11-14-26)18-29-30(31(35)37)27-20-23(12-15-28(27)39-29)22-6-4-7-24(19-22)32(38)36-33(16-5-17-33)25-8-2-1-3-9-25/h1-4,6-15,19-20H,5,16-18H2,(H2,35,37)(H,36,38). The molecule has 1 saturated carbocycles. The lowest BCUT2D eigenvalue weighted by atomic mass is 9.71. The van der Waals surface area contributed by atoms with Gasteiger partial charge in [-0.2, -0.15) is 0 Å². The van der Waals surface area contributed by atoms with Gasteiger partial charge in [-0.15, -0.1) is 0 Å². The average Bonchev–Trinajstić information content (AvgIpc) is 3.29. The molecule has 1 aliphatic carbocycles. The quantitative estimate of drug-likeness (QED) is 0.250. The fourth-order valence-corrected chi connectivity index (χ4v) is 5.41. The van der Waals surface area contributed by atoms with Crippen LogP contribution in [-0.2, 0) is 12.0 Å². The number of furan rings is 1. The molecule has 6 rings (SSSR count). The van der Waals surface area contributed by atoms with Crippen LogP contribution in [0.25, 0.3) is 22.1 Å². The molecule has 4 aromatic carbocycles. The first kappa shape index (κ1) is 24.6. The molecular formula is C33H27FN2O3. The summed E-state index contributed by atoms with van der Waals surface area (Å²) in [6, 6.07) is 29.2. The van der Waals surface area contributed by atoms with Crippen molar-refractivity contribution < 1.29 is 18.4 Å². The van der Waals surface area contributed by atoms with Crippen LogP contribution in [0, 0.1) is 5.82 Å². The van der Waals surface area contributed by atoms with Crippen LogP contribution in [-0.4, -0.2) is 11.8 Å². The molecule has 194 valence electrons. The molecule has 6 heteroatoms. The fraction of sp³-hybridized carbons (Fsp3) is 0.152. The Bertz CT molecular complexity index is 1690. The third kappa shape index (κ3) is 4.70. The summed E-state index contributed by atoms with van der Waals surface area (Å²) in [6.07, 6.45) is 3.21. The van der Waals surface area contributed by atoms with E-state index < -0.39 is 5.91 Å². The zero-order valence-corrected chi connectivity index (χ0v) is 21.2. The number of halogens is 1.